The van der Waals surface area contributed by atoms with E-state index in [0.717, 1.165) is 19.4 Å². The Morgan fingerprint density at radius 1 is 1.06 bits per heavy atom. The van der Waals surface area contributed by atoms with Crippen LogP contribution in [0.3, 0.4) is 0 Å². The van der Waals surface area contributed by atoms with Crippen LogP contribution in [0.4, 0.5) is 22.0 Å². The SMILES string of the molecule is CC(=O)C(C)(COS(=O)(=O)C1=C(F)C(F)=C(F)C(F)C1F)C(=O)OC(C)c1ccc(C)cc1. The van der Waals surface area contributed by atoms with Gasteiger partial charge in [0.15, 0.2) is 29.8 Å². The Balaban J connectivity index is 2.27. The summed E-state index contributed by atoms with van der Waals surface area (Å²) in [6.07, 6.45) is -7.72. The van der Waals surface area contributed by atoms with Gasteiger partial charge in [0.1, 0.15) is 22.2 Å². The van der Waals surface area contributed by atoms with Gasteiger partial charge in [-0.3, -0.25) is 13.8 Å². The van der Waals surface area contributed by atoms with Crippen molar-refractivity contribution in [3.05, 3.63) is 57.8 Å². The number of rotatable bonds is 8. The van der Waals surface area contributed by atoms with Crippen molar-refractivity contribution in [2.24, 2.45) is 5.41 Å². The van der Waals surface area contributed by atoms with Crippen LogP contribution in [-0.2, 0) is 28.6 Å². The Morgan fingerprint density at radius 2 is 1.61 bits per heavy atom. The molecule has 1 aromatic carbocycles. The summed E-state index contributed by atoms with van der Waals surface area (Å²) in [7, 11) is -5.57. The molecule has 1 aliphatic carbocycles. The van der Waals surface area contributed by atoms with Gasteiger partial charge in [0, 0.05) is 0 Å². The molecule has 0 aromatic heterocycles. The molecule has 0 N–H and O–H groups in total. The second-order valence-corrected chi connectivity index (χ2v) is 9.29. The van der Waals surface area contributed by atoms with Crippen molar-refractivity contribution in [3.63, 3.8) is 0 Å². The van der Waals surface area contributed by atoms with E-state index in [9.17, 15) is 40.0 Å². The fourth-order valence-corrected chi connectivity index (χ4v) is 3.95. The predicted molar refractivity (Wildman–Crippen MR) is 107 cm³/mol. The van der Waals surface area contributed by atoms with Crippen LogP contribution in [0.1, 0.15) is 38.0 Å². The zero-order valence-corrected chi connectivity index (χ0v) is 18.8. The van der Waals surface area contributed by atoms with E-state index in [1.807, 2.05) is 6.92 Å². The molecule has 33 heavy (non-hydrogen) atoms. The van der Waals surface area contributed by atoms with Gasteiger partial charge in [-0.15, -0.1) is 0 Å². The molecule has 0 saturated carbocycles. The number of Topliss-reactive ketones (excluding diaryl/α,β-unsaturated/α-hetero) is 1. The molecule has 0 amide bonds. The number of halogens is 5. The minimum atomic E-state index is -5.57. The molecule has 1 aromatic rings. The van der Waals surface area contributed by atoms with Crippen molar-refractivity contribution in [1.29, 1.82) is 0 Å². The first kappa shape index (κ1) is 26.7. The number of ether oxygens (including phenoxy) is 1. The molecule has 0 spiro atoms. The summed E-state index contributed by atoms with van der Waals surface area (Å²) < 4.78 is 102. The summed E-state index contributed by atoms with van der Waals surface area (Å²) in [5.74, 6) is -9.61. The molecule has 0 bridgehead atoms. The lowest BCUT2D eigenvalue weighted by Crippen LogP contribution is -2.42. The average molecular weight is 496 g/mol. The van der Waals surface area contributed by atoms with Crippen LogP contribution < -0.4 is 0 Å². The third-order valence-corrected chi connectivity index (χ3v) is 6.57. The number of carbonyl (C=O) groups is 2. The third kappa shape index (κ3) is 5.32. The molecule has 4 atom stereocenters. The van der Waals surface area contributed by atoms with Crippen LogP contribution in [0.15, 0.2) is 46.7 Å². The molecule has 2 rings (SSSR count). The fourth-order valence-electron chi connectivity index (χ4n) is 2.72. The maximum Gasteiger partial charge on any atom is 0.322 e. The maximum atomic E-state index is 14.0. The Bertz CT molecular complexity index is 1110. The van der Waals surface area contributed by atoms with E-state index in [-0.39, 0.29) is 0 Å². The molecule has 0 heterocycles. The molecular formula is C21H21F5O6S. The van der Waals surface area contributed by atoms with Crippen molar-refractivity contribution in [2.75, 3.05) is 6.61 Å². The quantitative estimate of drug-likeness (QED) is 0.227. The van der Waals surface area contributed by atoms with Crippen LogP contribution >= 0.6 is 0 Å². The van der Waals surface area contributed by atoms with Gasteiger partial charge >= 0.3 is 5.97 Å². The maximum absolute atomic E-state index is 14.0. The van der Waals surface area contributed by atoms with Crippen molar-refractivity contribution in [3.8, 4) is 0 Å². The standard InChI is InChI=1S/C21H21F5O6S/c1-10-5-7-13(8-6-10)11(2)32-20(28)21(4,12(3)27)9-31-33(29,30)19-17(25)15(23)14(22)16(24)18(19)26/h5-8,11,15,17H,9H2,1-4H3. The molecule has 12 heteroatoms. The summed E-state index contributed by atoms with van der Waals surface area (Å²) in [4.78, 5) is 22.7. The summed E-state index contributed by atoms with van der Waals surface area (Å²) in [5.41, 5.74) is -0.777. The summed E-state index contributed by atoms with van der Waals surface area (Å²) in [5, 5.41) is 0. The first-order valence-corrected chi connectivity index (χ1v) is 11.0. The lowest BCUT2D eigenvalue weighted by molar-refractivity contribution is -0.165. The molecule has 1 aliphatic rings. The van der Waals surface area contributed by atoms with Gasteiger partial charge in [-0.1, -0.05) is 29.8 Å². The van der Waals surface area contributed by atoms with Crippen LogP contribution in [-0.4, -0.2) is 39.1 Å². The van der Waals surface area contributed by atoms with Crippen LogP contribution in [0.5, 0.6) is 0 Å². The summed E-state index contributed by atoms with van der Waals surface area (Å²) >= 11 is 0. The second-order valence-electron chi connectivity index (χ2n) is 7.71. The van der Waals surface area contributed by atoms with Crippen molar-refractivity contribution >= 4 is 21.9 Å². The van der Waals surface area contributed by atoms with Gasteiger partial charge in [-0.05, 0) is 33.3 Å². The molecule has 4 unspecified atom stereocenters. The normalized spacial score (nSPS) is 22.1. The summed E-state index contributed by atoms with van der Waals surface area (Å²) in [6, 6.07) is 6.81. The van der Waals surface area contributed by atoms with Gasteiger partial charge in [0.05, 0.1) is 6.61 Å². The van der Waals surface area contributed by atoms with E-state index in [1.165, 1.54) is 6.92 Å². The molecule has 182 valence electrons. The average Bonchev–Trinajstić information content (AvgIpc) is 2.74. The van der Waals surface area contributed by atoms with Crippen molar-refractivity contribution < 1.29 is 48.9 Å². The minimum absolute atomic E-state index is 0.557. The van der Waals surface area contributed by atoms with Gasteiger partial charge in [0.25, 0.3) is 10.1 Å². The number of ketones is 1. The van der Waals surface area contributed by atoms with E-state index in [1.54, 1.807) is 24.3 Å². The number of hydrogen-bond donors (Lipinski definition) is 0. The minimum Gasteiger partial charge on any atom is -0.457 e. The Morgan fingerprint density at radius 3 is 2.12 bits per heavy atom. The summed E-state index contributed by atoms with van der Waals surface area (Å²) in [6.45, 7) is 3.91. The highest BCUT2D eigenvalue weighted by molar-refractivity contribution is 7.90. The van der Waals surface area contributed by atoms with Crippen LogP contribution in [0.25, 0.3) is 0 Å². The van der Waals surface area contributed by atoms with E-state index in [4.69, 9.17) is 4.74 Å². The van der Waals surface area contributed by atoms with Crippen molar-refractivity contribution in [2.45, 2.75) is 46.1 Å². The number of hydrogen-bond acceptors (Lipinski definition) is 6. The smallest absolute Gasteiger partial charge is 0.322 e. The Labute approximate surface area is 187 Å². The number of alkyl halides is 2. The fraction of sp³-hybridized carbons (Fsp3) is 0.429. The number of carbonyl (C=O) groups excluding carboxylic acids is 2. The highest BCUT2D eigenvalue weighted by Crippen LogP contribution is 2.40. The van der Waals surface area contributed by atoms with Gasteiger partial charge in [0.2, 0.25) is 0 Å². The van der Waals surface area contributed by atoms with E-state index < -0.39 is 74.7 Å². The number of allylic oxidation sites excluding steroid dienone is 4. The Kier molecular flexibility index (Phi) is 7.85. The highest BCUT2D eigenvalue weighted by atomic mass is 32.2. The van der Waals surface area contributed by atoms with Crippen LogP contribution in [0, 0.1) is 12.3 Å². The van der Waals surface area contributed by atoms with E-state index in [0.29, 0.717) is 5.56 Å². The zero-order chi connectivity index (χ0) is 25.3. The van der Waals surface area contributed by atoms with Gasteiger partial charge in [-0.2, -0.15) is 8.42 Å². The van der Waals surface area contributed by atoms with Gasteiger partial charge < -0.3 is 4.74 Å². The van der Waals surface area contributed by atoms with Crippen LogP contribution in [0.2, 0.25) is 0 Å². The van der Waals surface area contributed by atoms with E-state index >= 15 is 0 Å². The topological polar surface area (TPSA) is 86.7 Å². The predicted octanol–water partition coefficient (Wildman–Crippen LogP) is 4.56. The monoisotopic (exact) mass is 496 g/mol. The molecule has 0 aliphatic heterocycles. The third-order valence-electron chi connectivity index (χ3n) is 5.20. The van der Waals surface area contributed by atoms with Gasteiger partial charge in [-0.25, -0.2) is 22.0 Å². The first-order chi connectivity index (χ1) is 15.1. The Hall–Kier alpha value is -2.60. The molecule has 0 fully saturated rings. The largest absolute Gasteiger partial charge is 0.457 e. The molecule has 6 nitrogen and oxygen atoms in total. The highest BCUT2D eigenvalue weighted by Gasteiger charge is 2.48. The lowest BCUT2D eigenvalue weighted by atomic mass is 9.87. The lowest BCUT2D eigenvalue weighted by Gasteiger charge is -2.27. The molecular weight excluding hydrogens is 475 g/mol. The number of benzene rings is 1. The van der Waals surface area contributed by atoms with E-state index in [2.05, 4.69) is 4.18 Å². The molecule has 0 radical (unpaired) electrons. The molecule has 0 saturated heterocycles. The zero-order valence-electron chi connectivity index (χ0n) is 18.0. The number of aryl methyl sites for hydroxylation is 1. The van der Waals surface area contributed by atoms with Crippen molar-refractivity contribution in [1.82, 2.24) is 0 Å². The second kappa shape index (κ2) is 9.72. The first-order valence-electron chi connectivity index (χ1n) is 9.55. The number of esters is 1.